The molecule has 0 spiro atoms. The number of nitrogens with zero attached hydrogens (tertiary/aromatic N) is 2. The Morgan fingerprint density at radius 2 is 1.89 bits per heavy atom. The second kappa shape index (κ2) is 6.06. The van der Waals surface area contributed by atoms with Crippen LogP contribution >= 0.6 is 11.6 Å². The third kappa shape index (κ3) is 5.33. The summed E-state index contributed by atoms with van der Waals surface area (Å²) in [6.07, 6.45) is 1.68. The summed E-state index contributed by atoms with van der Waals surface area (Å²) in [5.74, 6) is 1.35. The van der Waals surface area contributed by atoms with Crippen LogP contribution in [-0.2, 0) is 5.41 Å². The average molecular weight is 286 g/mol. The van der Waals surface area contributed by atoms with Crippen LogP contribution in [0.25, 0.3) is 0 Å². The molecule has 0 aliphatic rings. The molecule has 1 rings (SSSR count). The van der Waals surface area contributed by atoms with E-state index in [9.17, 15) is 5.11 Å². The number of hydrogen-bond donors (Lipinski definition) is 2. The van der Waals surface area contributed by atoms with Gasteiger partial charge in [0.15, 0.2) is 0 Å². The van der Waals surface area contributed by atoms with E-state index >= 15 is 0 Å². The second-order valence-corrected chi connectivity index (χ2v) is 6.64. The van der Waals surface area contributed by atoms with E-state index in [2.05, 4.69) is 15.3 Å². The lowest BCUT2D eigenvalue weighted by molar-refractivity contribution is 0.0636. The third-order valence-electron chi connectivity index (χ3n) is 2.80. The summed E-state index contributed by atoms with van der Waals surface area (Å²) in [5, 5.41) is 13.7. The first-order valence-corrected chi connectivity index (χ1v) is 7.03. The van der Waals surface area contributed by atoms with Gasteiger partial charge >= 0.3 is 0 Å². The summed E-state index contributed by atoms with van der Waals surface area (Å²) in [5.41, 5.74) is -0.901. The SMILES string of the molecule is CCCC(C)(O)CNc1cc(Cl)nc(C(C)(C)C)n1. The minimum Gasteiger partial charge on any atom is -0.388 e. The van der Waals surface area contributed by atoms with Crippen LogP contribution in [0.15, 0.2) is 6.07 Å². The second-order valence-electron chi connectivity index (χ2n) is 6.25. The van der Waals surface area contributed by atoms with Crippen molar-refractivity contribution in [3.8, 4) is 0 Å². The quantitative estimate of drug-likeness (QED) is 0.814. The standard InChI is InChI=1S/C14H24ClN3O/c1-6-7-14(5,19)9-16-11-8-10(15)17-12(18-11)13(2,3)4/h8,19H,6-7,9H2,1-5H3,(H,16,17,18). The van der Waals surface area contributed by atoms with Gasteiger partial charge in [0.05, 0.1) is 5.60 Å². The maximum Gasteiger partial charge on any atom is 0.137 e. The molecule has 19 heavy (non-hydrogen) atoms. The van der Waals surface area contributed by atoms with E-state index in [1.807, 2.05) is 34.6 Å². The van der Waals surface area contributed by atoms with Gasteiger partial charge in [0.2, 0.25) is 0 Å². The predicted molar refractivity (Wildman–Crippen MR) is 79.8 cm³/mol. The summed E-state index contributed by atoms with van der Waals surface area (Å²) < 4.78 is 0. The monoisotopic (exact) mass is 285 g/mol. The highest BCUT2D eigenvalue weighted by Gasteiger charge is 2.21. The Kier molecular flexibility index (Phi) is 5.16. The molecule has 0 amide bonds. The largest absolute Gasteiger partial charge is 0.388 e. The molecule has 1 atom stereocenters. The number of aromatic nitrogens is 2. The predicted octanol–water partition coefficient (Wildman–Crippen LogP) is 3.39. The molecule has 5 heteroatoms. The number of hydrogen-bond acceptors (Lipinski definition) is 4. The highest BCUT2D eigenvalue weighted by Crippen LogP contribution is 2.22. The lowest BCUT2D eigenvalue weighted by Gasteiger charge is -2.24. The van der Waals surface area contributed by atoms with Crippen LogP contribution in [0.1, 0.15) is 53.3 Å². The molecular formula is C14H24ClN3O. The van der Waals surface area contributed by atoms with Gasteiger partial charge in [-0.1, -0.05) is 45.7 Å². The van der Waals surface area contributed by atoms with Crippen LogP contribution in [0, 0.1) is 0 Å². The van der Waals surface area contributed by atoms with Crippen molar-refractivity contribution in [2.24, 2.45) is 0 Å². The Morgan fingerprint density at radius 1 is 1.26 bits per heavy atom. The van der Waals surface area contributed by atoms with E-state index in [0.29, 0.717) is 23.3 Å². The van der Waals surface area contributed by atoms with Crippen molar-refractivity contribution in [1.29, 1.82) is 0 Å². The van der Waals surface area contributed by atoms with E-state index in [1.54, 1.807) is 6.07 Å². The molecule has 1 aromatic heterocycles. The molecule has 0 fully saturated rings. The fourth-order valence-electron chi connectivity index (χ4n) is 1.75. The molecule has 0 aliphatic carbocycles. The van der Waals surface area contributed by atoms with Gasteiger partial charge in [-0.3, -0.25) is 0 Å². The molecule has 1 unspecified atom stereocenters. The first-order chi connectivity index (χ1) is 8.64. The molecule has 1 aromatic rings. The molecule has 0 aromatic carbocycles. The molecule has 2 N–H and O–H groups in total. The van der Waals surface area contributed by atoms with Gasteiger partial charge in [-0.05, 0) is 13.3 Å². The summed E-state index contributed by atoms with van der Waals surface area (Å²) in [4.78, 5) is 8.69. The van der Waals surface area contributed by atoms with Crippen LogP contribution in [0.5, 0.6) is 0 Å². The highest BCUT2D eigenvalue weighted by atomic mass is 35.5. The molecule has 4 nitrogen and oxygen atoms in total. The van der Waals surface area contributed by atoms with Gasteiger partial charge in [-0.15, -0.1) is 0 Å². The Labute approximate surface area is 120 Å². The van der Waals surface area contributed by atoms with Crippen molar-refractivity contribution < 1.29 is 5.11 Å². The summed E-state index contributed by atoms with van der Waals surface area (Å²) in [7, 11) is 0. The van der Waals surface area contributed by atoms with Crippen molar-refractivity contribution in [2.45, 2.75) is 58.5 Å². The lowest BCUT2D eigenvalue weighted by atomic mass is 9.96. The first kappa shape index (κ1) is 16.2. The molecule has 108 valence electrons. The van der Waals surface area contributed by atoms with Crippen LogP contribution in [0.4, 0.5) is 5.82 Å². The van der Waals surface area contributed by atoms with Crippen molar-refractivity contribution in [1.82, 2.24) is 9.97 Å². The fraction of sp³-hybridized carbons (Fsp3) is 0.714. The zero-order valence-corrected chi connectivity index (χ0v) is 13.2. The summed E-state index contributed by atoms with van der Waals surface area (Å²) >= 11 is 6.01. The highest BCUT2D eigenvalue weighted by molar-refractivity contribution is 6.29. The Balaban J connectivity index is 2.82. The molecule has 0 saturated carbocycles. The van der Waals surface area contributed by atoms with Gasteiger partial charge in [-0.2, -0.15) is 0 Å². The first-order valence-electron chi connectivity index (χ1n) is 6.65. The Morgan fingerprint density at radius 3 is 2.42 bits per heavy atom. The Bertz CT molecular complexity index is 427. The fourth-order valence-corrected chi connectivity index (χ4v) is 1.93. The smallest absolute Gasteiger partial charge is 0.137 e. The zero-order chi connectivity index (χ0) is 14.7. The molecular weight excluding hydrogens is 262 g/mol. The number of anilines is 1. The topological polar surface area (TPSA) is 58.0 Å². The van der Waals surface area contributed by atoms with Crippen LogP contribution in [0.2, 0.25) is 5.15 Å². The molecule has 1 heterocycles. The molecule has 0 radical (unpaired) electrons. The number of aliphatic hydroxyl groups is 1. The molecule has 0 bridgehead atoms. The van der Waals surface area contributed by atoms with Crippen LogP contribution < -0.4 is 5.32 Å². The van der Waals surface area contributed by atoms with E-state index in [0.717, 1.165) is 12.8 Å². The zero-order valence-electron chi connectivity index (χ0n) is 12.4. The maximum absolute atomic E-state index is 10.1. The van der Waals surface area contributed by atoms with Crippen LogP contribution in [-0.4, -0.2) is 27.2 Å². The van der Waals surface area contributed by atoms with Crippen molar-refractivity contribution in [3.05, 3.63) is 17.0 Å². The molecule has 0 aliphatic heterocycles. The van der Waals surface area contributed by atoms with E-state index in [1.165, 1.54) is 0 Å². The van der Waals surface area contributed by atoms with Crippen LogP contribution in [0.3, 0.4) is 0 Å². The van der Waals surface area contributed by atoms with Gasteiger partial charge in [0.1, 0.15) is 16.8 Å². The Hall–Kier alpha value is -0.870. The van der Waals surface area contributed by atoms with Gasteiger partial charge in [-0.25, -0.2) is 9.97 Å². The number of nitrogens with one attached hydrogen (secondary N) is 1. The lowest BCUT2D eigenvalue weighted by Crippen LogP contribution is -2.33. The maximum atomic E-state index is 10.1. The minimum absolute atomic E-state index is 0.159. The molecule has 0 saturated heterocycles. The van der Waals surface area contributed by atoms with Crippen molar-refractivity contribution in [2.75, 3.05) is 11.9 Å². The summed E-state index contributed by atoms with van der Waals surface area (Å²) in [6, 6.07) is 1.68. The normalized spacial score (nSPS) is 15.1. The average Bonchev–Trinajstić information content (AvgIpc) is 2.24. The van der Waals surface area contributed by atoms with Gasteiger partial charge in [0.25, 0.3) is 0 Å². The minimum atomic E-state index is -0.742. The number of halogens is 1. The van der Waals surface area contributed by atoms with E-state index in [-0.39, 0.29) is 5.41 Å². The van der Waals surface area contributed by atoms with E-state index < -0.39 is 5.60 Å². The van der Waals surface area contributed by atoms with E-state index in [4.69, 9.17) is 11.6 Å². The van der Waals surface area contributed by atoms with Gasteiger partial charge in [0, 0.05) is 18.0 Å². The summed E-state index contributed by atoms with van der Waals surface area (Å²) in [6.45, 7) is 10.4. The number of rotatable bonds is 5. The van der Waals surface area contributed by atoms with Gasteiger partial charge < -0.3 is 10.4 Å². The van der Waals surface area contributed by atoms with Crippen molar-refractivity contribution in [3.63, 3.8) is 0 Å². The third-order valence-corrected chi connectivity index (χ3v) is 3.00. The van der Waals surface area contributed by atoms with Crippen molar-refractivity contribution >= 4 is 17.4 Å².